The van der Waals surface area contributed by atoms with Crippen LogP contribution in [0.5, 0.6) is 0 Å². The van der Waals surface area contributed by atoms with E-state index in [-0.39, 0.29) is 11.9 Å². The predicted molar refractivity (Wildman–Crippen MR) is 95.1 cm³/mol. The molecule has 9 heteroatoms. The molecule has 0 unspecified atom stereocenters. The van der Waals surface area contributed by atoms with Gasteiger partial charge in [-0.15, -0.1) is 16.4 Å². The van der Waals surface area contributed by atoms with Crippen molar-refractivity contribution >= 4 is 28.8 Å². The minimum absolute atomic E-state index is 0.120. The molecule has 0 bridgehead atoms. The van der Waals surface area contributed by atoms with Gasteiger partial charge in [-0.25, -0.2) is 9.50 Å². The minimum atomic E-state index is -0.120. The molecule has 0 aromatic carbocycles. The summed E-state index contributed by atoms with van der Waals surface area (Å²) >= 11 is 1.40. The van der Waals surface area contributed by atoms with E-state index >= 15 is 0 Å². The van der Waals surface area contributed by atoms with Crippen LogP contribution >= 0.6 is 11.3 Å². The van der Waals surface area contributed by atoms with E-state index < -0.39 is 0 Å². The van der Waals surface area contributed by atoms with Gasteiger partial charge in [0.05, 0.1) is 11.4 Å². The van der Waals surface area contributed by atoms with Crippen molar-refractivity contribution in [2.75, 3.05) is 5.73 Å². The van der Waals surface area contributed by atoms with Crippen LogP contribution in [0.3, 0.4) is 0 Å². The molecule has 0 aliphatic carbocycles. The van der Waals surface area contributed by atoms with Gasteiger partial charge in [0.2, 0.25) is 5.95 Å². The summed E-state index contributed by atoms with van der Waals surface area (Å²) in [6, 6.07) is 5.64. The van der Waals surface area contributed by atoms with E-state index in [0.717, 1.165) is 17.0 Å². The number of aryl methyl sites for hydroxylation is 1. The van der Waals surface area contributed by atoms with Gasteiger partial charge in [0.1, 0.15) is 5.82 Å². The third-order valence-electron chi connectivity index (χ3n) is 3.83. The fourth-order valence-corrected chi connectivity index (χ4v) is 3.32. The molecule has 4 heterocycles. The van der Waals surface area contributed by atoms with Gasteiger partial charge in [0.25, 0.3) is 5.91 Å². The molecule has 3 N–H and O–H groups in total. The molecule has 4 rings (SSSR count). The second-order valence-electron chi connectivity index (χ2n) is 5.53. The topological polar surface area (TPSA) is 103 Å². The molecule has 0 radical (unpaired) electrons. The standard InChI is InChI=1S/C16H15N7OS/c1-22-5-4-18-14(22)7-19-15(24)12-6-11(9-25-12)10-2-3-13-20-16(17)21-23(13)8-10/h2-6,8-9H,7H2,1H3,(H2,17,21)(H,19,24). The van der Waals surface area contributed by atoms with Gasteiger partial charge in [0, 0.05) is 31.2 Å². The SMILES string of the molecule is Cn1ccnc1CNC(=O)c1cc(-c2ccc3nc(N)nn3c2)cs1. The Morgan fingerprint density at radius 1 is 1.36 bits per heavy atom. The van der Waals surface area contributed by atoms with Crippen LogP contribution in [0.2, 0.25) is 0 Å². The number of aromatic nitrogens is 5. The maximum absolute atomic E-state index is 12.3. The average Bonchev–Trinajstić information content (AvgIpc) is 3.30. The minimum Gasteiger partial charge on any atom is -0.366 e. The molecular weight excluding hydrogens is 338 g/mol. The van der Waals surface area contributed by atoms with Crippen molar-refractivity contribution in [3.8, 4) is 11.1 Å². The second kappa shape index (κ2) is 6.02. The number of nitrogens with zero attached hydrogens (tertiary/aromatic N) is 5. The first-order chi connectivity index (χ1) is 12.1. The summed E-state index contributed by atoms with van der Waals surface area (Å²) in [7, 11) is 1.89. The molecule has 0 fully saturated rings. The normalized spacial score (nSPS) is 11.1. The molecule has 4 aromatic heterocycles. The van der Waals surface area contributed by atoms with Crippen LogP contribution in [0.15, 0.2) is 42.2 Å². The quantitative estimate of drug-likeness (QED) is 0.581. The van der Waals surface area contributed by atoms with Gasteiger partial charge >= 0.3 is 0 Å². The lowest BCUT2D eigenvalue weighted by Gasteiger charge is -2.03. The first kappa shape index (κ1) is 15.3. The summed E-state index contributed by atoms with van der Waals surface area (Å²) in [5, 5.41) is 8.93. The van der Waals surface area contributed by atoms with Crippen molar-refractivity contribution in [2.24, 2.45) is 7.05 Å². The van der Waals surface area contributed by atoms with Crippen molar-refractivity contribution in [3.05, 3.63) is 52.9 Å². The lowest BCUT2D eigenvalue weighted by atomic mass is 10.1. The van der Waals surface area contributed by atoms with E-state index in [4.69, 9.17) is 5.73 Å². The molecule has 8 nitrogen and oxygen atoms in total. The highest BCUT2D eigenvalue weighted by atomic mass is 32.1. The van der Waals surface area contributed by atoms with Crippen LogP contribution in [0, 0.1) is 0 Å². The van der Waals surface area contributed by atoms with Crippen molar-refractivity contribution in [3.63, 3.8) is 0 Å². The van der Waals surface area contributed by atoms with Crippen LogP contribution in [0.4, 0.5) is 5.95 Å². The number of carbonyl (C=O) groups is 1. The number of nitrogen functional groups attached to an aromatic ring is 1. The van der Waals surface area contributed by atoms with Crippen LogP contribution in [0.1, 0.15) is 15.5 Å². The Hall–Kier alpha value is -3.20. The molecule has 0 saturated heterocycles. The highest BCUT2D eigenvalue weighted by molar-refractivity contribution is 7.12. The predicted octanol–water partition coefficient (Wildman–Crippen LogP) is 1.70. The summed E-state index contributed by atoms with van der Waals surface area (Å²) in [6.07, 6.45) is 5.39. The van der Waals surface area contributed by atoms with Gasteiger partial charge in [0.15, 0.2) is 5.65 Å². The lowest BCUT2D eigenvalue weighted by Crippen LogP contribution is -2.23. The van der Waals surface area contributed by atoms with Crippen LogP contribution in [-0.2, 0) is 13.6 Å². The highest BCUT2D eigenvalue weighted by Gasteiger charge is 2.12. The number of imidazole rings is 1. The Kier molecular flexibility index (Phi) is 3.69. The summed E-state index contributed by atoms with van der Waals surface area (Å²) in [6.45, 7) is 0.389. The molecule has 126 valence electrons. The van der Waals surface area contributed by atoms with E-state index in [9.17, 15) is 4.79 Å². The number of anilines is 1. The molecule has 0 spiro atoms. The fraction of sp³-hybridized carbons (Fsp3) is 0.125. The smallest absolute Gasteiger partial charge is 0.261 e. The number of amides is 1. The third kappa shape index (κ3) is 2.96. The van der Waals surface area contributed by atoms with Gasteiger partial charge < -0.3 is 15.6 Å². The zero-order chi connectivity index (χ0) is 17.4. The Morgan fingerprint density at radius 2 is 2.24 bits per heavy atom. The molecule has 0 aliphatic rings. The first-order valence-electron chi connectivity index (χ1n) is 7.55. The number of hydrogen-bond donors (Lipinski definition) is 2. The van der Waals surface area contributed by atoms with E-state index in [2.05, 4.69) is 20.4 Å². The number of fused-ring (bicyclic) bond motifs is 1. The highest BCUT2D eigenvalue weighted by Crippen LogP contribution is 2.26. The Labute approximate surface area is 146 Å². The number of hydrogen-bond acceptors (Lipinski definition) is 6. The van der Waals surface area contributed by atoms with Crippen LogP contribution < -0.4 is 11.1 Å². The van der Waals surface area contributed by atoms with E-state index in [1.165, 1.54) is 11.3 Å². The third-order valence-corrected chi connectivity index (χ3v) is 4.76. The molecule has 4 aromatic rings. The van der Waals surface area contributed by atoms with Crippen molar-refractivity contribution in [1.82, 2.24) is 29.5 Å². The molecule has 0 atom stereocenters. The van der Waals surface area contributed by atoms with Crippen molar-refractivity contribution < 1.29 is 4.79 Å². The van der Waals surface area contributed by atoms with E-state index in [0.29, 0.717) is 17.1 Å². The number of pyridine rings is 1. The lowest BCUT2D eigenvalue weighted by molar-refractivity contribution is 0.0953. The number of nitrogens with two attached hydrogens (primary N) is 1. The van der Waals surface area contributed by atoms with E-state index in [1.54, 1.807) is 10.7 Å². The molecular formula is C16H15N7OS. The number of thiophene rings is 1. The largest absolute Gasteiger partial charge is 0.366 e. The number of rotatable bonds is 4. The van der Waals surface area contributed by atoms with Crippen LogP contribution in [-0.4, -0.2) is 30.1 Å². The fourth-order valence-electron chi connectivity index (χ4n) is 2.49. The molecule has 0 saturated carbocycles. The van der Waals surface area contributed by atoms with Gasteiger partial charge in [-0.05, 0) is 29.1 Å². The maximum atomic E-state index is 12.3. The van der Waals surface area contributed by atoms with Crippen molar-refractivity contribution in [2.45, 2.75) is 6.54 Å². The number of nitrogens with one attached hydrogen (secondary N) is 1. The Balaban J connectivity index is 1.52. The molecule has 0 aliphatic heterocycles. The van der Waals surface area contributed by atoms with Gasteiger partial charge in [-0.3, -0.25) is 4.79 Å². The van der Waals surface area contributed by atoms with Crippen LogP contribution in [0.25, 0.3) is 16.8 Å². The van der Waals surface area contributed by atoms with Gasteiger partial charge in [-0.1, -0.05) is 0 Å². The van der Waals surface area contributed by atoms with Crippen molar-refractivity contribution in [1.29, 1.82) is 0 Å². The Morgan fingerprint density at radius 3 is 3.04 bits per heavy atom. The second-order valence-corrected chi connectivity index (χ2v) is 6.44. The zero-order valence-electron chi connectivity index (χ0n) is 13.4. The molecule has 25 heavy (non-hydrogen) atoms. The summed E-state index contributed by atoms with van der Waals surface area (Å²) in [5.74, 6) is 0.918. The van der Waals surface area contributed by atoms with E-state index in [1.807, 2.05) is 47.6 Å². The maximum Gasteiger partial charge on any atom is 0.261 e. The summed E-state index contributed by atoms with van der Waals surface area (Å²) < 4.78 is 3.50. The average molecular weight is 353 g/mol. The first-order valence-corrected chi connectivity index (χ1v) is 8.43. The molecule has 1 amide bonds. The summed E-state index contributed by atoms with van der Waals surface area (Å²) in [4.78, 5) is 21.3. The zero-order valence-corrected chi connectivity index (χ0v) is 14.2. The summed E-state index contributed by atoms with van der Waals surface area (Å²) in [5.41, 5.74) is 8.18. The Bertz CT molecular complexity index is 1060. The number of carbonyl (C=O) groups excluding carboxylic acids is 1. The van der Waals surface area contributed by atoms with Gasteiger partial charge in [-0.2, -0.15) is 4.98 Å². The monoisotopic (exact) mass is 353 g/mol.